The molecule has 1 saturated heterocycles. The lowest BCUT2D eigenvalue weighted by atomic mass is 9.91. The van der Waals surface area contributed by atoms with Crippen LogP contribution in [0.4, 0.5) is 0 Å². The van der Waals surface area contributed by atoms with Crippen LogP contribution in [0.2, 0.25) is 0 Å². The van der Waals surface area contributed by atoms with Gasteiger partial charge >= 0.3 is 0 Å². The molecule has 3 N–H and O–H groups in total. The van der Waals surface area contributed by atoms with Crippen molar-refractivity contribution in [1.82, 2.24) is 10.6 Å². The monoisotopic (exact) mass is 260 g/mol. The first kappa shape index (κ1) is 15.4. The molecule has 0 radical (unpaired) electrons. The molecule has 0 aliphatic carbocycles. The predicted molar refractivity (Wildman–Crippen MR) is 67.4 cm³/mol. The van der Waals surface area contributed by atoms with Crippen LogP contribution in [-0.4, -0.2) is 62.7 Å². The van der Waals surface area contributed by atoms with Crippen molar-refractivity contribution < 1.29 is 19.4 Å². The molecule has 1 unspecified atom stereocenters. The maximum Gasteiger partial charge on any atom is 0.234 e. The van der Waals surface area contributed by atoms with E-state index in [9.17, 15) is 9.90 Å². The van der Waals surface area contributed by atoms with E-state index >= 15 is 0 Å². The number of aliphatic hydroxyl groups excluding tert-OH is 1. The fourth-order valence-electron chi connectivity index (χ4n) is 2.04. The molecule has 0 aromatic rings. The zero-order valence-electron chi connectivity index (χ0n) is 11.2. The van der Waals surface area contributed by atoms with E-state index in [2.05, 4.69) is 10.6 Å². The van der Waals surface area contributed by atoms with E-state index in [-0.39, 0.29) is 30.6 Å². The first-order valence-electron chi connectivity index (χ1n) is 6.34. The van der Waals surface area contributed by atoms with Crippen molar-refractivity contribution >= 4 is 5.91 Å². The summed E-state index contributed by atoms with van der Waals surface area (Å²) < 4.78 is 10.2. The van der Waals surface area contributed by atoms with E-state index in [0.29, 0.717) is 19.8 Å². The molecule has 1 aliphatic heterocycles. The van der Waals surface area contributed by atoms with E-state index in [1.165, 1.54) is 0 Å². The molecule has 1 rings (SSSR count). The third-order valence-electron chi connectivity index (χ3n) is 3.20. The average Bonchev–Trinajstić information content (AvgIpc) is 2.38. The number of aliphatic hydroxyl groups is 1. The first-order chi connectivity index (χ1) is 8.62. The van der Waals surface area contributed by atoms with Gasteiger partial charge in [0.25, 0.3) is 0 Å². The molecular formula is C12H24N2O4. The van der Waals surface area contributed by atoms with E-state index in [0.717, 1.165) is 12.8 Å². The predicted octanol–water partition coefficient (Wildman–Crippen LogP) is -0.731. The maximum absolute atomic E-state index is 11.7. The number of hydrogen-bond acceptors (Lipinski definition) is 5. The average molecular weight is 260 g/mol. The number of ether oxygens (including phenoxy) is 2. The number of rotatable bonds is 7. The highest BCUT2D eigenvalue weighted by atomic mass is 16.5. The largest absolute Gasteiger partial charge is 0.394 e. The lowest BCUT2D eigenvalue weighted by Crippen LogP contribution is -2.55. The molecule has 106 valence electrons. The quantitative estimate of drug-likeness (QED) is 0.562. The van der Waals surface area contributed by atoms with Gasteiger partial charge in [0.05, 0.1) is 19.8 Å². The van der Waals surface area contributed by atoms with Crippen molar-refractivity contribution in [3.63, 3.8) is 0 Å². The Hall–Kier alpha value is -0.690. The van der Waals surface area contributed by atoms with Crippen LogP contribution in [0.3, 0.4) is 0 Å². The van der Waals surface area contributed by atoms with E-state index in [1.807, 2.05) is 6.92 Å². The number of amides is 1. The van der Waals surface area contributed by atoms with Crippen LogP contribution in [0.25, 0.3) is 0 Å². The van der Waals surface area contributed by atoms with Gasteiger partial charge in [-0.3, -0.25) is 4.79 Å². The van der Waals surface area contributed by atoms with Gasteiger partial charge in [0.15, 0.2) is 0 Å². The second-order valence-electron chi connectivity index (χ2n) is 4.83. The summed E-state index contributed by atoms with van der Waals surface area (Å²) >= 11 is 0. The topological polar surface area (TPSA) is 79.8 Å². The summed E-state index contributed by atoms with van der Waals surface area (Å²) in [6, 6.07) is -0.0101. The molecule has 6 nitrogen and oxygen atoms in total. The molecule has 0 saturated carbocycles. The van der Waals surface area contributed by atoms with Crippen LogP contribution in [0, 0.1) is 0 Å². The molecule has 1 amide bonds. The molecule has 0 spiro atoms. The van der Waals surface area contributed by atoms with Gasteiger partial charge in [-0.25, -0.2) is 0 Å². The van der Waals surface area contributed by atoms with Gasteiger partial charge in [0.2, 0.25) is 5.91 Å². The van der Waals surface area contributed by atoms with Crippen LogP contribution >= 0.6 is 0 Å². The van der Waals surface area contributed by atoms with Gasteiger partial charge in [0.1, 0.15) is 0 Å². The van der Waals surface area contributed by atoms with E-state index in [4.69, 9.17) is 9.47 Å². The normalized spacial score (nSPS) is 20.4. The van der Waals surface area contributed by atoms with Gasteiger partial charge in [-0.2, -0.15) is 0 Å². The van der Waals surface area contributed by atoms with Gasteiger partial charge in [0, 0.05) is 31.9 Å². The van der Waals surface area contributed by atoms with Gasteiger partial charge in [-0.05, 0) is 19.8 Å². The Morgan fingerprint density at radius 1 is 1.50 bits per heavy atom. The molecule has 0 bridgehead atoms. The summed E-state index contributed by atoms with van der Waals surface area (Å²) in [5, 5.41) is 15.4. The van der Waals surface area contributed by atoms with Gasteiger partial charge < -0.3 is 25.2 Å². The van der Waals surface area contributed by atoms with E-state index < -0.39 is 0 Å². The van der Waals surface area contributed by atoms with Crippen LogP contribution in [-0.2, 0) is 14.3 Å². The summed E-state index contributed by atoms with van der Waals surface area (Å²) in [5.74, 6) is -0.0844. The minimum atomic E-state index is -0.375. The molecule has 0 aromatic carbocycles. The smallest absolute Gasteiger partial charge is 0.234 e. The number of carbonyl (C=O) groups excluding carboxylic acids is 1. The molecule has 1 fully saturated rings. The Kier molecular flexibility index (Phi) is 6.56. The fraction of sp³-hybridized carbons (Fsp3) is 0.917. The molecule has 1 atom stereocenters. The van der Waals surface area contributed by atoms with Crippen molar-refractivity contribution in [3.05, 3.63) is 0 Å². The van der Waals surface area contributed by atoms with Crippen molar-refractivity contribution in [3.8, 4) is 0 Å². The Labute approximate surface area is 108 Å². The summed E-state index contributed by atoms with van der Waals surface area (Å²) in [6.07, 6.45) is 1.45. The summed E-state index contributed by atoms with van der Waals surface area (Å²) in [4.78, 5) is 11.7. The Morgan fingerprint density at radius 3 is 2.72 bits per heavy atom. The third kappa shape index (κ3) is 4.89. The molecule has 1 aliphatic rings. The minimum Gasteiger partial charge on any atom is -0.394 e. The van der Waals surface area contributed by atoms with Crippen LogP contribution < -0.4 is 10.6 Å². The van der Waals surface area contributed by atoms with Crippen molar-refractivity contribution in [1.29, 1.82) is 0 Å². The summed E-state index contributed by atoms with van der Waals surface area (Å²) in [5.41, 5.74) is -0.375. The van der Waals surface area contributed by atoms with Gasteiger partial charge in [-0.15, -0.1) is 0 Å². The maximum atomic E-state index is 11.7. The lowest BCUT2D eigenvalue weighted by Gasteiger charge is -2.36. The Balaban J connectivity index is 2.31. The van der Waals surface area contributed by atoms with Crippen LogP contribution in [0.15, 0.2) is 0 Å². The minimum absolute atomic E-state index is 0.0101. The second-order valence-corrected chi connectivity index (χ2v) is 4.83. The molecule has 18 heavy (non-hydrogen) atoms. The fourth-order valence-corrected chi connectivity index (χ4v) is 2.04. The zero-order chi connectivity index (χ0) is 13.4. The first-order valence-corrected chi connectivity index (χ1v) is 6.34. The second kappa shape index (κ2) is 7.68. The number of carbonyl (C=O) groups is 1. The zero-order valence-corrected chi connectivity index (χ0v) is 11.2. The highest BCUT2D eigenvalue weighted by Gasteiger charge is 2.31. The van der Waals surface area contributed by atoms with Crippen molar-refractivity contribution in [2.24, 2.45) is 0 Å². The third-order valence-corrected chi connectivity index (χ3v) is 3.20. The van der Waals surface area contributed by atoms with Crippen molar-refractivity contribution in [2.45, 2.75) is 31.3 Å². The highest BCUT2D eigenvalue weighted by Crippen LogP contribution is 2.19. The number of methoxy groups -OCH3 is 1. The standard InChI is InChI=1S/C12H24N2O4/c1-10(8-17-2)14-11(16)7-13-12(9-15)3-5-18-6-4-12/h10,13,15H,3-9H2,1-2H3,(H,14,16). The Bertz CT molecular complexity index is 254. The van der Waals surface area contributed by atoms with Gasteiger partial charge in [-0.1, -0.05) is 0 Å². The van der Waals surface area contributed by atoms with Crippen LogP contribution in [0.1, 0.15) is 19.8 Å². The SMILES string of the molecule is COCC(C)NC(=O)CNC1(CO)CCOCC1. The van der Waals surface area contributed by atoms with E-state index in [1.54, 1.807) is 7.11 Å². The molecular weight excluding hydrogens is 236 g/mol. The number of nitrogens with one attached hydrogen (secondary N) is 2. The highest BCUT2D eigenvalue weighted by molar-refractivity contribution is 5.78. The van der Waals surface area contributed by atoms with Crippen molar-refractivity contribution in [2.75, 3.05) is 40.1 Å². The molecule has 6 heteroatoms. The summed E-state index contributed by atoms with van der Waals surface area (Å²) in [6.45, 7) is 3.85. The number of hydrogen-bond donors (Lipinski definition) is 3. The molecule has 1 heterocycles. The van der Waals surface area contributed by atoms with Crippen LogP contribution in [0.5, 0.6) is 0 Å². The lowest BCUT2D eigenvalue weighted by molar-refractivity contribution is -0.122. The molecule has 0 aromatic heterocycles. The summed E-state index contributed by atoms with van der Waals surface area (Å²) in [7, 11) is 1.60. The Morgan fingerprint density at radius 2 is 2.17 bits per heavy atom.